The Balaban J connectivity index is -0.0000000447. The van der Waals surface area contributed by atoms with E-state index in [0.717, 1.165) is 0 Å². The Kier molecular flexibility index (Phi) is 65.7. The minimum atomic E-state index is -0.699. The van der Waals surface area contributed by atoms with E-state index in [1.807, 2.05) is 0 Å². The van der Waals surface area contributed by atoms with E-state index in [4.69, 9.17) is 36.3 Å². The van der Waals surface area contributed by atoms with Crippen LogP contribution in [-0.4, -0.2) is 98.3 Å². The molecule has 2 amide bonds. The van der Waals surface area contributed by atoms with Crippen molar-refractivity contribution in [3.8, 4) is 0 Å². The molecular formula is C19H38N2O11Rf6-4. The van der Waals surface area contributed by atoms with Crippen LogP contribution in [0.15, 0.2) is 0 Å². The molecule has 0 aromatic heterocycles. The topological polar surface area (TPSA) is 202 Å². The van der Waals surface area contributed by atoms with Crippen molar-refractivity contribution < 1.29 is 53.3 Å². The molecule has 2 atom stereocenters. The van der Waals surface area contributed by atoms with Gasteiger partial charge in [0.1, 0.15) is 0 Å². The second-order valence-corrected chi connectivity index (χ2v) is 6.03. The van der Waals surface area contributed by atoms with E-state index in [2.05, 4.69) is 47.4 Å². The van der Waals surface area contributed by atoms with Gasteiger partial charge in [-0.2, -0.15) is 0 Å². The number of nitrogens with two attached hydrogens (primary N) is 2. The molecule has 0 spiro atoms. The molecule has 0 radical (unpaired) electrons. The van der Waals surface area contributed by atoms with Gasteiger partial charge in [0, 0.05) is 39.3 Å². The van der Waals surface area contributed by atoms with Crippen LogP contribution in [0, 0.1) is 28.4 Å². The summed E-state index contributed by atoms with van der Waals surface area (Å²) in [7, 11) is 12.3. The largest absolute Gasteiger partial charge is 0.553 e. The number of rotatable bonds is 18. The smallest absolute Gasteiger partial charge is 0.219 e. The molecule has 0 aliphatic rings. The summed E-state index contributed by atoms with van der Waals surface area (Å²) < 4.78 is 27.3. The van der Waals surface area contributed by atoms with Crippen LogP contribution >= 0.6 is 0 Å². The fourth-order valence-corrected chi connectivity index (χ4v) is 1.47. The number of hydrogen-bond donors (Lipinski definition) is 5. The predicted molar refractivity (Wildman–Crippen MR) is 113 cm³/mol. The van der Waals surface area contributed by atoms with Crippen LogP contribution in [0.5, 0.6) is 0 Å². The second kappa shape index (κ2) is 43.5. The van der Waals surface area contributed by atoms with Gasteiger partial charge in [0.25, 0.3) is 0 Å². The Morgan fingerprint density at radius 1 is 0.526 bits per heavy atom. The standard InChI is InChI=1S/2C7H14NO4.C5H10O3.6Rf/c2*1-11-4-6(9)5-12-3-2-7(8)10;1-7-3-5(6)4-8-2;;;;;;/h2*6,9H,1-5H2,(H2,8,10);5-6H,1-4H2;;;;;;/q2*-1;-2;;;;;;. The van der Waals surface area contributed by atoms with Gasteiger partial charge in [0.05, 0.1) is 44.7 Å². The number of hydrogen-bond acceptors (Lipinski definition) is 11. The van der Waals surface area contributed by atoms with Crippen molar-refractivity contribution in [2.45, 2.75) is 31.2 Å². The molecule has 0 rings (SSSR count). The summed E-state index contributed by atoms with van der Waals surface area (Å²) in [4.78, 5) is 20.4. The Bertz CT molecular complexity index is 405. The van der Waals surface area contributed by atoms with Gasteiger partial charge in [-0.25, -0.2) is 28.4 Å². The number of carbonyl (C=O) groups is 2. The van der Waals surface area contributed by atoms with Gasteiger partial charge < -0.3 is 55.2 Å². The zero-order valence-electron chi connectivity index (χ0n) is 22.6. The number of amides is 2. The van der Waals surface area contributed by atoms with Crippen LogP contribution < -0.4 is 11.5 Å². The summed E-state index contributed by atoms with van der Waals surface area (Å²) >= 11 is 0. The van der Waals surface area contributed by atoms with E-state index in [0.29, 0.717) is 0 Å². The van der Waals surface area contributed by atoms with Crippen LogP contribution in [-0.2, 0) is 38.0 Å². The molecule has 0 bridgehead atoms. The first-order chi connectivity index (χ1) is 15.1. The Labute approximate surface area is 189 Å². The van der Waals surface area contributed by atoms with Crippen LogP contribution in [0.25, 0.3) is 0 Å². The van der Waals surface area contributed by atoms with E-state index in [1.165, 1.54) is 0 Å². The monoisotopic (exact) mass is 2070 g/mol. The quantitative estimate of drug-likeness (QED) is 0.0756. The van der Waals surface area contributed by atoms with E-state index in [9.17, 15) is 9.59 Å². The first-order valence-electron chi connectivity index (χ1n) is 9.38. The van der Waals surface area contributed by atoms with E-state index in [-0.39, 0.29) is 65.7 Å². The molecular weight excluding hydrogens is 2030 g/mol. The Morgan fingerprint density at radius 2 is 0.737 bits per heavy atom. The molecule has 0 heterocycles. The minimum absolute atomic E-state index is 0. The molecule has 0 aliphatic heterocycles. The number of aliphatic hydroxyl groups excluding tert-OH is 3. The summed E-state index contributed by atoms with van der Waals surface area (Å²) in [6.45, 7) is 1.33. The number of carbonyl (C=O) groups excluding carboxylic acids is 2. The average Bonchev–Trinajstić information content (AvgIpc) is 2.70. The Hall–Kier alpha value is -7.42. The molecule has 2 unspecified atom stereocenters. The summed E-state index contributed by atoms with van der Waals surface area (Å²) in [6.07, 6.45) is -1.67. The van der Waals surface area contributed by atoms with Crippen molar-refractivity contribution >= 4 is 11.8 Å². The summed E-state index contributed by atoms with van der Waals surface area (Å²) in [5, 5.41) is 26.7. The maximum atomic E-state index is 10.2. The first kappa shape index (κ1) is 57.5. The van der Waals surface area contributed by atoms with Crippen LogP contribution in [0.4, 0.5) is 0 Å². The maximum absolute atomic E-state index is 10.2. The van der Waals surface area contributed by atoms with Crippen LogP contribution in [0.3, 0.4) is 0 Å². The van der Waals surface area contributed by atoms with Gasteiger partial charge in [-0.15, -0.1) is 0 Å². The van der Waals surface area contributed by atoms with Crippen molar-refractivity contribution in [2.24, 2.45) is 11.5 Å². The number of ether oxygens (including phenoxy) is 6. The summed E-state index contributed by atoms with van der Waals surface area (Å²) in [6, 6.07) is 0. The van der Waals surface area contributed by atoms with Gasteiger partial charge in [0.15, 0.2) is 0 Å². The zero-order valence-corrected chi connectivity index (χ0v) is 61.0. The first-order valence-corrected chi connectivity index (χ1v) is 9.38. The summed E-state index contributed by atoms with van der Waals surface area (Å²) in [5.74, 6) is -0.837. The second-order valence-electron chi connectivity index (χ2n) is 6.03. The molecule has 0 aromatic rings. The van der Waals surface area contributed by atoms with Crippen molar-refractivity contribution in [1.82, 2.24) is 0 Å². The molecule has 0 saturated heterocycles. The van der Waals surface area contributed by atoms with E-state index in [1.54, 1.807) is 0 Å². The fraction of sp³-hybridized carbons (Fsp3) is 0.684. The van der Waals surface area contributed by atoms with Gasteiger partial charge >= 0.3 is 0 Å². The van der Waals surface area contributed by atoms with Gasteiger partial charge in [-0.3, -0.25) is 9.59 Å². The van der Waals surface area contributed by atoms with Crippen molar-refractivity contribution in [2.75, 3.05) is 52.9 Å². The molecule has 0 aliphatic carbocycles. The SMILES string of the molecule is [CH2-]OCC(O)COCCC(N)=O.[CH2-]OCC(O)COCCC(N)=O.[CH2-]OCC(O)CO[CH2-].[Rf].[Rf].[Rf].[Rf].[Rf].[Rf]. The molecule has 19 heteroatoms. The third-order valence-electron chi connectivity index (χ3n) is 2.85. The van der Waals surface area contributed by atoms with E-state index < -0.39 is 30.1 Å². The average molecular weight is 2070 g/mol. The molecule has 0 fully saturated rings. The van der Waals surface area contributed by atoms with Gasteiger partial charge in [-0.1, -0.05) is 0 Å². The third kappa shape index (κ3) is 63.0. The maximum Gasteiger partial charge on any atom is 0.219 e. The molecule has 38 heavy (non-hydrogen) atoms. The summed E-state index contributed by atoms with van der Waals surface area (Å²) in [5.41, 5.74) is 9.70. The predicted octanol–water partition coefficient (Wildman–Crippen LogP) is -1.94. The Morgan fingerprint density at radius 3 is 0.921 bits per heavy atom. The van der Waals surface area contributed by atoms with Gasteiger partial charge in [-0.05, 0) is 0 Å². The molecule has 206 valence electrons. The van der Waals surface area contributed by atoms with Crippen molar-refractivity contribution in [1.29, 1.82) is 0 Å². The van der Waals surface area contributed by atoms with Crippen LogP contribution in [0.2, 0.25) is 0 Å². The van der Waals surface area contributed by atoms with E-state index >= 15 is 0 Å². The van der Waals surface area contributed by atoms with Crippen LogP contribution in [0.1, 0.15) is 12.8 Å². The molecule has 0 aromatic carbocycles. The van der Waals surface area contributed by atoms with Gasteiger partial charge in [0.2, 0.25) is 11.8 Å². The van der Waals surface area contributed by atoms with Crippen molar-refractivity contribution in [3.05, 3.63) is 28.4 Å². The number of aliphatic hydroxyl groups is 3. The molecule has 0 saturated carbocycles. The zero-order chi connectivity index (χ0) is 25.2. The normalized spacial score (nSPS) is 10.3. The number of primary amides is 2. The molecule has 7 N–H and O–H groups in total. The molecule has 13 nitrogen and oxygen atoms in total. The van der Waals surface area contributed by atoms with Crippen molar-refractivity contribution in [3.63, 3.8) is 0 Å². The minimum Gasteiger partial charge on any atom is -0.553 e. The fourth-order valence-electron chi connectivity index (χ4n) is 1.47. The third-order valence-corrected chi connectivity index (χ3v) is 2.85.